The molecule has 2 aromatic rings. The molecule has 0 bridgehead atoms. The standard InChI is InChI=1S/C22H27N3O2/c1-27-22(26)21-11-18(15-25-14-16-5-7-24-8-6-16)10-20(12-21)19-4-2-3-17(9-19)13-23/h2-4,9-13,16,23-25H,5-8,14-15H2,1H3. The molecule has 0 spiro atoms. The normalized spacial score (nSPS) is 14.7. The van der Waals surface area contributed by atoms with Gasteiger partial charge in [0.15, 0.2) is 0 Å². The van der Waals surface area contributed by atoms with E-state index in [9.17, 15) is 4.79 Å². The molecule has 142 valence electrons. The molecule has 0 amide bonds. The van der Waals surface area contributed by atoms with E-state index in [1.807, 2.05) is 36.4 Å². The van der Waals surface area contributed by atoms with Crippen molar-refractivity contribution < 1.29 is 9.53 Å². The molecule has 0 unspecified atom stereocenters. The molecule has 0 atom stereocenters. The number of carbonyl (C=O) groups excluding carboxylic acids is 1. The Bertz CT molecular complexity index is 798. The van der Waals surface area contributed by atoms with Gasteiger partial charge < -0.3 is 20.8 Å². The van der Waals surface area contributed by atoms with Gasteiger partial charge in [-0.05, 0) is 84.9 Å². The van der Waals surface area contributed by atoms with Crippen molar-refractivity contribution in [2.24, 2.45) is 5.92 Å². The minimum atomic E-state index is -0.334. The van der Waals surface area contributed by atoms with E-state index in [-0.39, 0.29) is 5.97 Å². The van der Waals surface area contributed by atoms with Crippen LogP contribution in [0, 0.1) is 11.3 Å². The van der Waals surface area contributed by atoms with Gasteiger partial charge in [0, 0.05) is 12.8 Å². The first kappa shape index (κ1) is 19.3. The van der Waals surface area contributed by atoms with Crippen molar-refractivity contribution in [1.82, 2.24) is 10.6 Å². The molecule has 27 heavy (non-hydrogen) atoms. The summed E-state index contributed by atoms with van der Waals surface area (Å²) in [5.74, 6) is 0.374. The molecule has 5 nitrogen and oxygen atoms in total. The van der Waals surface area contributed by atoms with Crippen LogP contribution in [0.1, 0.15) is 34.3 Å². The largest absolute Gasteiger partial charge is 0.465 e. The molecule has 0 aliphatic carbocycles. The van der Waals surface area contributed by atoms with Gasteiger partial charge in [0.2, 0.25) is 0 Å². The van der Waals surface area contributed by atoms with Crippen molar-refractivity contribution in [1.29, 1.82) is 5.41 Å². The Kier molecular flexibility index (Phi) is 6.74. The number of hydrogen-bond donors (Lipinski definition) is 3. The Morgan fingerprint density at radius 2 is 2.04 bits per heavy atom. The number of esters is 1. The summed E-state index contributed by atoms with van der Waals surface area (Å²) < 4.78 is 4.92. The molecule has 1 aliphatic heterocycles. The first-order chi connectivity index (χ1) is 13.2. The second-order valence-corrected chi connectivity index (χ2v) is 7.00. The van der Waals surface area contributed by atoms with E-state index in [4.69, 9.17) is 10.1 Å². The van der Waals surface area contributed by atoms with Gasteiger partial charge in [0.05, 0.1) is 12.7 Å². The molecule has 1 fully saturated rings. The molecule has 3 rings (SSSR count). The Balaban J connectivity index is 1.79. The van der Waals surface area contributed by atoms with Crippen molar-refractivity contribution in [3.8, 4) is 11.1 Å². The molecule has 5 heteroatoms. The van der Waals surface area contributed by atoms with Crippen LogP contribution in [0.15, 0.2) is 42.5 Å². The summed E-state index contributed by atoms with van der Waals surface area (Å²) in [6.07, 6.45) is 3.74. The molecular weight excluding hydrogens is 338 g/mol. The zero-order chi connectivity index (χ0) is 19.1. The lowest BCUT2D eigenvalue weighted by molar-refractivity contribution is 0.0600. The van der Waals surface area contributed by atoms with Gasteiger partial charge in [0.25, 0.3) is 0 Å². The molecule has 1 heterocycles. The Labute approximate surface area is 160 Å². The van der Waals surface area contributed by atoms with Crippen LogP contribution in [0.25, 0.3) is 11.1 Å². The number of methoxy groups -OCH3 is 1. The van der Waals surface area contributed by atoms with Gasteiger partial charge in [-0.15, -0.1) is 0 Å². The molecule has 0 aromatic heterocycles. The average molecular weight is 365 g/mol. The lowest BCUT2D eigenvalue weighted by Gasteiger charge is -2.23. The van der Waals surface area contributed by atoms with Crippen LogP contribution in [0.4, 0.5) is 0 Å². The van der Waals surface area contributed by atoms with Gasteiger partial charge >= 0.3 is 5.97 Å². The third-order valence-corrected chi connectivity index (χ3v) is 5.02. The predicted molar refractivity (Wildman–Crippen MR) is 108 cm³/mol. The van der Waals surface area contributed by atoms with Gasteiger partial charge in [0.1, 0.15) is 0 Å². The van der Waals surface area contributed by atoms with Crippen molar-refractivity contribution in [3.63, 3.8) is 0 Å². The lowest BCUT2D eigenvalue weighted by atomic mass is 9.97. The number of nitrogens with one attached hydrogen (secondary N) is 3. The molecule has 0 saturated carbocycles. The number of ether oxygens (including phenoxy) is 1. The second-order valence-electron chi connectivity index (χ2n) is 7.00. The Morgan fingerprint density at radius 3 is 2.78 bits per heavy atom. The number of hydrogen-bond acceptors (Lipinski definition) is 5. The third kappa shape index (κ3) is 5.25. The van der Waals surface area contributed by atoms with Crippen LogP contribution in [0.2, 0.25) is 0 Å². The van der Waals surface area contributed by atoms with E-state index in [1.54, 1.807) is 0 Å². The van der Waals surface area contributed by atoms with Crippen LogP contribution in [0.5, 0.6) is 0 Å². The highest BCUT2D eigenvalue weighted by Gasteiger charge is 2.13. The summed E-state index contributed by atoms with van der Waals surface area (Å²) >= 11 is 0. The second kappa shape index (κ2) is 9.44. The van der Waals surface area contributed by atoms with Gasteiger partial charge in [-0.1, -0.05) is 18.2 Å². The maximum atomic E-state index is 12.1. The van der Waals surface area contributed by atoms with E-state index in [0.29, 0.717) is 18.0 Å². The number of rotatable bonds is 7. The average Bonchev–Trinajstić information content (AvgIpc) is 2.73. The minimum Gasteiger partial charge on any atom is -0.465 e. The zero-order valence-electron chi connectivity index (χ0n) is 15.8. The van der Waals surface area contributed by atoms with E-state index in [0.717, 1.165) is 41.9 Å². The summed E-state index contributed by atoms with van der Waals surface area (Å²) in [6, 6.07) is 13.6. The summed E-state index contributed by atoms with van der Waals surface area (Å²) in [4.78, 5) is 12.1. The quantitative estimate of drug-likeness (QED) is 0.520. The number of benzene rings is 2. The van der Waals surface area contributed by atoms with Gasteiger partial charge in [-0.25, -0.2) is 4.79 Å². The molecule has 0 radical (unpaired) electrons. The highest BCUT2D eigenvalue weighted by molar-refractivity contribution is 5.91. The van der Waals surface area contributed by atoms with Crippen LogP contribution in [-0.2, 0) is 11.3 Å². The molecule has 1 saturated heterocycles. The maximum absolute atomic E-state index is 12.1. The van der Waals surface area contributed by atoms with E-state index in [1.165, 1.54) is 26.2 Å². The van der Waals surface area contributed by atoms with Crippen LogP contribution < -0.4 is 10.6 Å². The first-order valence-corrected chi connectivity index (χ1v) is 9.44. The van der Waals surface area contributed by atoms with Crippen molar-refractivity contribution in [2.75, 3.05) is 26.7 Å². The van der Waals surface area contributed by atoms with Gasteiger partial charge in [-0.3, -0.25) is 0 Å². The number of carbonyl (C=O) groups is 1. The monoisotopic (exact) mass is 365 g/mol. The zero-order valence-corrected chi connectivity index (χ0v) is 15.8. The topological polar surface area (TPSA) is 74.2 Å². The molecule has 1 aliphatic rings. The smallest absolute Gasteiger partial charge is 0.337 e. The fraction of sp³-hybridized carbons (Fsp3) is 0.364. The summed E-state index contributed by atoms with van der Waals surface area (Å²) in [6.45, 7) is 3.89. The van der Waals surface area contributed by atoms with Crippen molar-refractivity contribution in [3.05, 3.63) is 59.2 Å². The van der Waals surface area contributed by atoms with Crippen LogP contribution in [-0.4, -0.2) is 38.9 Å². The highest BCUT2D eigenvalue weighted by atomic mass is 16.5. The fourth-order valence-corrected chi connectivity index (χ4v) is 3.51. The van der Waals surface area contributed by atoms with Crippen LogP contribution >= 0.6 is 0 Å². The summed E-state index contributed by atoms with van der Waals surface area (Å²) in [5, 5.41) is 14.4. The first-order valence-electron chi connectivity index (χ1n) is 9.44. The SMILES string of the molecule is COC(=O)c1cc(CNCC2CCNCC2)cc(-c2cccc(C=N)c2)c1. The van der Waals surface area contributed by atoms with Crippen LogP contribution in [0.3, 0.4) is 0 Å². The Hall–Kier alpha value is -2.50. The molecule has 2 aromatic carbocycles. The predicted octanol–water partition coefficient (Wildman–Crippen LogP) is 3.23. The van der Waals surface area contributed by atoms with E-state index < -0.39 is 0 Å². The molecule has 3 N–H and O–H groups in total. The minimum absolute atomic E-state index is 0.334. The van der Waals surface area contributed by atoms with Gasteiger partial charge in [-0.2, -0.15) is 0 Å². The summed E-state index contributed by atoms with van der Waals surface area (Å²) in [5.41, 5.74) is 4.39. The molecular formula is C22H27N3O2. The van der Waals surface area contributed by atoms with E-state index >= 15 is 0 Å². The maximum Gasteiger partial charge on any atom is 0.337 e. The highest BCUT2D eigenvalue weighted by Crippen LogP contribution is 2.24. The lowest BCUT2D eigenvalue weighted by Crippen LogP contribution is -2.33. The number of piperidine rings is 1. The fourth-order valence-electron chi connectivity index (χ4n) is 3.51. The van der Waals surface area contributed by atoms with Crippen molar-refractivity contribution in [2.45, 2.75) is 19.4 Å². The Morgan fingerprint density at radius 1 is 1.22 bits per heavy atom. The van der Waals surface area contributed by atoms with Crippen molar-refractivity contribution >= 4 is 12.2 Å². The third-order valence-electron chi connectivity index (χ3n) is 5.02. The summed E-state index contributed by atoms with van der Waals surface area (Å²) in [7, 11) is 1.40. The van der Waals surface area contributed by atoms with E-state index in [2.05, 4.69) is 16.7 Å².